The molecule has 50 valence electrons. The molecule has 0 aromatic rings. The Kier molecular flexibility index (Phi) is 0.858. The number of carboxylic acid groups (broad SMARTS) is 1. The van der Waals surface area contributed by atoms with Gasteiger partial charge in [0.2, 0.25) is 0 Å². The quantitative estimate of drug-likeness (QED) is 0.506. The normalized spacial score (nSPS) is 40.4. The molecule has 2 rings (SSSR count). The molecule has 0 radical (unpaired) electrons. The van der Waals surface area contributed by atoms with Crippen molar-refractivity contribution in [2.45, 2.75) is 24.9 Å². The van der Waals surface area contributed by atoms with Crippen LogP contribution >= 0.6 is 0 Å². The summed E-state index contributed by atoms with van der Waals surface area (Å²) in [5.41, 5.74) is 0. The fourth-order valence-corrected chi connectivity index (χ4v) is 1.24. The summed E-state index contributed by atoms with van der Waals surface area (Å²) in [6.07, 6.45) is 2.45. The van der Waals surface area contributed by atoms with E-state index in [1.807, 2.05) is 0 Å². The second-order valence-electron chi connectivity index (χ2n) is 2.85. The number of hydrogen-bond donors (Lipinski definition) is 2. The molecule has 0 amide bonds. The van der Waals surface area contributed by atoms with Crippen LogP contribution in [0.5, 0.6) is 0 Å². The Morgan fingerprint density at radius 3 is 2.56 bits per heavy atom. The van der Waals surface area contributed by atoms with Crippen molar-refractivity contribution in [2.75, 3.05) is 0 Å². The van der Waals surface area contributed by atoms with Crippen molar-refractivity contribution in [3.05, 3.63) is 0 Å². The van der Waals surface area contributed by atoms with Crippen LogP contribution in [0.1, 0.15) is 12.8 Å². The molecule has 2 N–H and O–H groups in total. The zero-order valence-corrected chi connectivity index (χ0v) is 5.00. The van der Waals surface area contributed by atoms with E-state index in [-0.39, 0.29) is 6.04 Å². The smallest absolute Gasteiger partial charge is 0.322 e. The predicted octanol–water partition coefficient (Wildman–Crippen LogP) is -0.179. The van der Waals surface area contributed by atoms with Gasteiger partial charge in [0.25, 0.3) is 0 Å². The predicted molar refractivity (Wildman–Crippen MR) is 31.1 cm³/mol. The van der Waals surface area contributed by atoms with Crippen molar-refractivity contribution in [1.82, 2.24) is 5.32 Å². The van der Waals surface area contributed by atoms with E-state index in [9.17, 15) is 4.79 Å². The van der Waals surface area contributed by atoms with Gasteiger partial charge < -0.3 is 5.11 Å². The van der Waals surface area contributed by atoms with E-state index in [4.69, 9.17) is 5.11 Å². The molecule has 2 atom stereocenters. The van der Waals surface area contributed by atoms with Crippen LogP contribution in [-0.2, 0) is 4.79 Å². The third kappa shape index (κ3) is 0.812. The van der Waals surface area contributed by atoms with Crippen LogP contribution in [0.2, 0.25) is 0 Å². The molecule has 3 nitrogen and oxygen atoms in total. The Bertz CT molecular complexity index is 153. The molecule has 0 aromatic heterocycles. The standard InChI is InChI=1S/C6H9NO2/c8-6(9)5-4(7-5)3-1-2-3/h3-5,7H,1-2H2,(H,8,9)/t4-,5-/m1/s1. The lowest BCUT2D eigenvalue weighted by Crippen LogP contribution is -2.09. The Morgan fingerprint density at radius 2 is 2.22 bits per heavy atom. The second-order valence-corrected chi connectivity index (χ2v) is 2.85. The van der Waals surface area contributed by atoms with Gasteiger partial charge in [-0.2, -0.15) is 0 Å². The van der Waals surface area contributed by atoms with Gasteiger partial charge in [-0.15, -0.1) is 0 Å². The molecular weight excluding hydrogens is 118 g/mol. The molecule has 1 heterocycles. The number of carbonyl (C=O) groups is 1. The van der Waals surface area contributed by atoms with Gasteiger partial charge in [-0.05, 0) is 18.8 Å². The maximum atomic E-state index is 10.2. The summed E-state index contributed by atoms with van der Waals surface area (Å²) in [4.78, 5) is 10.2. The Balaban J connectivity index is 1.87. The summed E-state index contributed by atoms with van der Waals surface area (Å²) in [5, 5.41) is 11.4. The van der Waals surface area contributed by atoms with Gasteiger partial charge in [0.15, 0.2) is 0 Å². The maximum Gasteiger partial charge on any atom is 0.322 e. The first-order valence-corrected chi connectivity index (χ1v) is 3.28. The van der Waals surface area contributed by atoms with E-state index in [0.717, 1.165) is 0 Å². The molecule has 3 heteroatoms. The number of carboxylic acids is 1. The molecule has 0 unspecified atom stereocenters. The molecule has 9 heavy (non-hydrogen) atoms. The molecule has 2 aliphatic rings. The van der Waals surface area contributed by atoms with Crippen LogP contribution < -0.4 is 5.32 Å². The van der Waals surface area contributed by atoms with Crippen LogP contribution in [0, 0.1) is 5.92 Å². The first-order chi connectivity index (χ1) is 4.29. The van der Waals surface area contributed by atoms with Gasteiger partial charge >= 0.3 is 5.97 Å². The van der Waals surface area contributed by atoms with Crippen LogP contribution in [0.15, 0.2) is 0 Å². The van der Waals surface area contributed by atoms with Crippen molar-refractivity contribution in [3.8, 4) is 0 Å². The topological polar surface area (TPSA) is 59.2 Å². The summed E-state index contributed by atoms with van der Waals surface area (Å²) in [7, 11) is 0. The SMILES string of the molecule is O=C(O)[C@@H]1N[C@@H]1C1CC1. The highest BCUT2D eigenvalue weighted by Gasteiger charge is 2.50. The highest BCUT2D eigenvalue weighted by molar-refractivity contribution is 5.78. The zero-order valence-electron chi connectivity index (χ0n) is 5.00. The first-order valence-electron chi connectivity index (χ1n) is 3.28. The average Bonchev–Trinajstić information content (AvgIpc) is 2.60. The van der Waals surface area contributed by atoms with Gasteiger partial charge in [0, 0.05) is 6.04 Å². The third-order valence-electron chi connectivity index (χ3n) is 2.02. The van der Waals surface area contributed by atoms with E-state index < -0.39 is 5.97 Å². The third-order valence-corrected chi connectivity index (χ3v) is 2.02. The van der Waals surface area contributed by atoms with Gasteiger partial charge in [-0.1, -0.05) is 0 Å². The largest absolute Gasteiger partial charge is 0.480 e. The minimum absolute atomic E-state index is 0.211. The highest BCUT2D eigenvalue weighted by Crippen LogP contribution is 2.39. The lowest BCUT2D eigenvalue weighted by Gasteiger charge is -1.83. The molecule has 1 aliphatic heterocycles. The Morgan fingerprint density at radius 1 is 1.56 bits per heavy atom. The molecule has 2 fully saturated rings. The van der Waals surface area contributed by atoms with Crippen molar-refractivity contribution in [2.24, 2.45) is 5.92 Å². The van der Waals surface area contributed by atoms with Crippen molar-refractivity contribution >= 4 is 5.97 Å². The van der Waals surface area contributed by atoms with Crippen molar-refractivity contribution < 1.29 is 9.90 Å². The fourth-order valence-electron chi connectivity index (χ4n) is 1.24. The maximum absolute atomic E-state index is 10.2. The molecule has 1 saturated heterocycles. The van der Waals surface area contributed by atoms with Crippen LogP contribution in [0.3, 0.4) is 0 Å². The monoisotopic (exact) mass is 127 g/mol. The van der Waals surface area contributed by atoms with Crippen LogP contribution in [0.4, 0.5) is 0 Å². The Hall–Kier alpha value is -0.570. The van der Waals surface area contributed by atoms with E-state index in [0.29, 0.717) is 12.0 Å². The number of rotatable bonds is 2. The molecular formula is C6H9NO2. The molecule has 1 saturated carbocycles. The lowest BCUT2D eigenvalue weighted by molar-refractivity contribution is -0.136. The van der Waals surface area contributed by atoms with E-state index in [1.54, 1.807) is 0 Å². The molecule has 1 aliphatic carbocycles. The van der Waals surface area contributed by atoms with Crippen molar-refractivity contribution in [3.63, 3.8) is 0 Å². The fraction of sp³-hybridized carbons (Fsp3) is 0.833. The zero-order chi connectivity index (χ0) is 6.43. The number of hydrogen-bond acceptors (Lipinski definition) is 2. The summed E-state index contributed by atoms with van der Waals surface area (Å²) < 4.78 is 0. The summed E-state index contributed by atoms with van der Waals surface area (Å²) in [6.45, 7) is 0. The van der Waals surface area contributed by atoms with E-state index in [1.165, 1.54) is 12.8 Å². The summed E-state index contributed by atoms with van der Waals surface area (Å²) >= 11 is 0. The van der Waals surface area contributed by atoms with Crippen LogP contribution in [-0.4, -0.2) is 23.2 Å². The highest BCUT2D eigenvalue weighted by atomic mass is 16.4. The van der Waals surface area contributed by atoms with Gasteiger partial charge in [0.1, 0.15) is 6.04 Å². The van der Waals surface area contributed by atoms with E-state index >= 15 is 0 Å². The number of aliphatic carboxylic acids is 1. The summed E-state index contributed by atoms with van der Waals surface area (Å²) in [6, 6.07) is 0.111. The molecule has 0 aromatic carbocycles. The van der Waals surface area contributed by atoms with E-state index in [2.05, 4.69) is 5.32 Å². The van der Waals surface area contributed by atoms with Gasteiger partial charge in [-0.3, -0.25) is 10.1 Å². The summed E-state index contributed by atoms with van der Waals surface area (Å²) in [5.74, 6) is -0.00185. The number of nitrogens with one attached hydrogen (secondary N) is 1. The second kappa shape index (κ2) is 1.48. The lowest BCUT2D eigenvalue weighted by atomic mass is 10.2. The van der Waals surface area contributed by atoms with Gasteiger partial charge in [0.05, 0.1) is 0 Å². The molecule has 0 spiro atoms. The van der Waals surface area contributed by atoms with Crippen molar-refractivity contribution in [1.29, 1.82) is 0 Å². The first kappa shape index (κ1) is 5.23. The average molecular weight is 127 g/mol. The minimum atomic E-state index is -0.688. The van der Waals surface area contributed by atoms with Gasteiger partial charge in [-0.25, -0.2) is 0 Å². The minimum Gasteiger partial charge on any atom is -0.480 e. The van der Waals surface area contributed by atoms with Crippen LogP contribution in [0.25, 0.3) is 0 Å². The Labute approximate surface area is 53.1 Å². The molecule has 0 bridgehead atoms.